The first-order chi connectivity index (χ1) is 8.29. The van der Waals surface area contributed by atoms with E-state index in [0.29, 0.717) is 0 Å². The van der Waals surface area contributed by atoms with Crippen LogP contribution in [0.15, 0.2) is 24.3 Å². The van der Waals surface area contributed by atoms with Gasteiger partial charge in [-0.25, -0.2) is 0 Å². The fourth-order valence-electron chi connectivity index (χ4n) is 2.79. The van der Waals surface area contributed by atoms with Crippen molar-refractivity contribution < 1.29 is 0 Å². The Morgan fingerprint density at radius 3 is 2.35 bits per heavy atom. The number of nitrogens with one attached hydrogen (secondary N) is 1. The van der Waals surface area contributed by atoms with Crippen LogP contribution in [0.1, 0.15) is 50.7 Å². The molecule has 1 aromatic rings. The molecule has 1 heteroatoms. The summed E-state index contributed by atoms with van der Waals surface area (Å²) < 4.78 is 0. The third kappa shape index (κ3) is 3.57. The lowest BCUT2D eigenvalue weighted by Gasteiger charge is -2.27. The van der Waals surface area contributed by atoms with Crippen molar-refractivity contribution in [2.24, 2.45) is 5.92 Å². The lowest BCUT2D eigenvalue weighted by atomic mass is 9.87. The van der Waals surface area contributed by atoms with Crippen LogP contribution in [0, 0.1) is 5.92 Å². The number of benzene rings is 1. The Morgan fingerprint density at radius 1 is 1.06 bits per heavy atom. The number of hydrogen-bond donors (Lipinski definition) is 1. The summed E-state index contributed by atoms with van der Waals surface area (Å²) in [5.41, 5.74) is 2.97. The molecule has 0 bridgehead atoms. The highest BCUT2D eigenvalue weighted by Gasteiger charge is 2.17. The van der Waals surface area contributed by atoms with Gasteiger partial charge >= 0.3 is 0 Å². The topological polar surface area (TPSA) is 12.0 Å². The predicted molar refractivity (Wildman–Crippen MR) is 74.1 cm³/mol. The maximum Gasteiger partial charge on any atom is 0.0210 e. The molecule has 1 aliphatic rings. The highest BCUT2D eigenvalue weighted by atomic mass is 14.9. The Bertz CT molecular complexity index is 337. The van der Waals surface area contributed by atoms with Crippen molar-refractivity contribution in [1.82, 2.24) is 5.32 Å². The summed E-state index contributed by atoms with van der Waals surface area (Å²) in [6.45, 7) is 5.66. The number of rotatable bonds is 4. The molecule has 0 unspecified atom stereocenters. The molecule has 1 fully saturated rings. The lowest BCUT2D eigenvalue weighted by molar-refractivity contribution is 0.306. The first kappa shape index (κ1) is 12.6. The Kier molecular flexibility index (Phi) is 4.61. The van der Waals surface area contributed by atoms with Gasteiger partial charge in [0.05, 0.1) is 0 Å². The molecule has 0 heterocycles. The molecular formula is C16H25N. The van der Waals surface area contributed by atoms with Gasteiger partial charge in [0, 0.05) is 12.6 Å². The summed E-state index contributed by atoms with van der Waals surface area (Å²) in [6.07, 6.45) is 6.64. The van der Waals surface area contributed by atoms with Crippen LogP contribution in [0.25, 0.3) is 0 Å². The summed E-state index contributed by atoms with van der Waals surface area (Å²) in [6, 6.07) is 9.55. The molecule has 0 aliphatic heterocycles. The second-order valence-electron chi connectivity index (χ2n) is 5.46. The molecule has 0 aromatic heterocycles. The van der Waals surface area contributed by atoms with Crippen LogP contribution in [-0.4, -0.2) is 6.04 Å². The molecule has 94 valence electrons. The van der Waals surface area contributed by atoms with Crippen LogP contribution < -0.4 is 5.32 Å². The number of hydrogen-bond acceptors (Lipinski definition) is 1. The number of aryl methyl sites for hydroxylation is 1. The van der Waals surface area contributed by atoms with Crippen LogP contribution in [0.4, 0.5) is 0 Å². The third-order valence-electron chi connectivity index (χ3n) is 4.10. The van der Waals surface area contributed by atoms with E-state index in [-0.39, 0.29) is 0 Å². The van der Waals surface area contributed by atoms with Crippen molar-refractivity contribution in [3.8, 4) is 0 Å². The molecule has 17 heavy (non-hydrogen) atoms. The summed E-state index contributed by atoms with van der Waals surface area (Å²) in [5.74, 6) is 0.941. The van der Waals surface area contributed by atoms with Crippen molar-refractivity contribution in [2.45, 2.75) is 58.5 Å². The molecule has 1 N–H and O–H groups in total. The molecule has 0 radical (unpaired) electrons. The van der Waals surface area contributed by atoms with Gasteiger partial charge in [-0.2, -0.15) is 0 Å². The zero-order valence-corrected chi connectivity index (χ0v) is 11.2. The monoisotopic (exact) mass is 231 g/mol. The van der Waals surface area contributed by atoms with Gasteiger partial charge in [-0.1, -0.05) is 38.1 Å². The van der Waals surface area contributed by atoms with E-state index in [1.807, 2.05) is 0 Å². The summed E-state index contributed by atoms with van der Waals surface area (Å²) in [4.78, 5) is 0. The van der Waals surface area contributed by atoms with Crippen molar-refractivity contribution in [3.63, 3.8) is 0 Å². The molecule has 1 aliphatic carbocycles. The van der Waals surface area contributed by atoms with E-state index in [1.54, 1.807) is 0 Å². The Balaban J connectivity index is 1.85. The van der Waals surface area contributed by atoms with Crippen LogP contribution in [0.5, 0.6) is 0 Å². The van der Waals surface area contributed by atoms with E-state index in [4.69, 9.17) is 0 Å². The lowest BCUT2D eigenvalue weighted by Crippen LogP contribution is -2.32. The molecule has 0 spiro atoms. The Labute approximate surface area is 106 Å². The van der Waals surface area contributed by atoms with Crippen molar-refractivity contribution in [2.75, 3.05) is 0 Å². The van der Waals surface area contributed by atoms with E-state index < -0.39 is 0 Å². The largest absolute Gasteiger partial charge is 0.310 e. The van der Waals surface area contributed by atoms with Crippen molar-refractivity contribution >= 4 is 0 Å². The van der Waals surface area contributed by atoms with Gasteiger partial charge in [-0.15, -0.1) is 0 Å². The minimum atomic E-state index is 0.746. The second kappa shape index (κ2) is 6.20. The van der Waals surface area contributed by atoms with Crippen molar-refractivity contribution in [1.29, 1.82) is 0 Å². The van der Waals surface area contributed by atoms with Crippen LogP contribution in [0.3, 0.4) is 0 Å². The first-order valence-electron chi connectivity index (χ1n) is 7.09. The third-order valence-corrected chi connectivity index (χ3v) is 4.10. The standard InChI is InChI=1S/C16H25N/c1-3-14-6-4-5-7-15(14)12-17-16-10-8-13(2)9-11-16/h4-7,13,16-17H,3,8-12H2,1-2H3. The van der Waals surface area contributed by atoms with Gasteiger partial charge in [0.1, 0.15) is 0 Å². The molecule has 0 saturated heterocycles. The first-order valence-corrected chi connectivity index (χ1v) is 7.09. The average Bonchev–Trinajstić information content (AvgIpc) is 2.38. The molecule has 2 rings (SSSR count). The summed E-state index contributed by atoms with van der Waals surface area (Å²) >= 11 is 0. The quantitative estimate of drug-likeness (QED) is 0.828. The second-order valence-corrected chi connectivity index (χ2v) is 5.46. The fraction of sp³-hybridized carbons (Fsp3) is 0.625. The molecule has 1 aromatic carbocycles. The Morgan fingerprint density at radius 2 is 1.71 bits per heavy atom. The molecule has 1 nitrogen and oxygen atoms in total. The average molecular weight is 231 g/mol. The highest BCUT2D eigenvalue weighted by molar-refractivity contribution is 5.26. The van der Waals surface area contributed by atoms with Crippen LogP contribution >= 0.6 is 0 Å². The molecule has 0 amide bonds. The Hall–Kier alpha value is -0.820. The van der Waals surface area contributed by atoms with Gasteiger partial charge in [0.15, 0.2) is 0 Å². The van der Waals surface area contributed by atoms with Gasteiger partial charge in [0.25, 0.3) is 0 Å². The zero-order chi connectivity index (χ0) is 12.1. The van der Waals surface area contributed by atoms with E-state index in [2.05, 4.69) is 43.4 Å². The van der Waals surface area contributed by atoms with E-state index in [0.717, 1.165) is 24.9 Å². The minimum absolute atomic E-state index is 0.746. The maximum absolute atomic E-state index is 3.73. The predicted octanol–water partition coefficient (Wildman–Crippen LogP) is 3.92. The minimum Gasteiger partial charge on any atom is -0.310 e. The highest BCUT2D eigenvalue weighted by Crippen LogP contribution is 2.23. The smallest absolute Gasteiger partial charge is 0.0210 e. The summed E-state index contributed by atoms with van der Waals surface area (Å²) in [7, 11) is 0. The van der Waals surface area contributed by atoms with E-state index in [1.165, 1.54) is 36.8 Å². The van der Waals surface area contributed by atoms with Gasteiger partial charge in [-0.3, -0.25) is 0 Å². The van der Waals surface area contributed by atoms with Crippen LogP contribution in [0.2, 0.25) is 0 Å². The fourth-order valence-corrected chi connectivity index (χ4v) is 2.79. The van der Waals surface area contributed by atoms with Crippen LogP contribution in [-0.2, 0) is 13.0 Å². The van der Waals surface area contributed by atoms with Gasteiger partial charge in [-0.05, 0) is 49.1 Å². The SMILES string of the molecule is CCc1ccccc1CNC1CCC(C)CC1. The normalized spacial score (nSPS) is 24.8. The van der Waals surface area contributed by atoms with E-state index in [9.17, 15) is 0 Å². The molecular weight excluding hydrogens is 206 g/mol. The zero-order valence-electron chi connectivity index (χ0n) is 11.2. The molecule has 0 atom stereocenters. The van der Waals surface area contributed by atoms with Crippen molar-refractivity contribution in [3.05, 3.63) is 35.4 Å². The van der Waals surface area contributed by atoms with Gasteiger partial charge < -0.3 is 5.32 Å². The van der Waals surface area contributed by atoms with E-state index >= 15 is 0 Å². The maximum atomic E-state index is 3.73. The summed E-state index contributed by atoms with van der Waals surface area (Å²) in [5, 5.41) is 3.73. The molecule has 1 saturated carbocycles. The van der Waals surface area contributed by atoms with Gasteiger partial charge in [0.2, 0.25) is 0 Å².